The number of carbonyl (C=O) groups is 1. The van der Waals surface area contributed by atoms with Gasteiger partial charge in [0.05, 0.1) is 9.98 Å². The summed E-state index contributed by atoms with van der Waals surface area (Å²) in [6.07, 6.45) is 2.74. The Morgan fingerprint density at radius 3 is 3.00 bits per heavy atom. The Bertz CT molecular complexity index is 339. The zero-order valence-corrected chi connectivity index (χ0v) is 9.48. The molecular formula is C8H9BrN2OS. The fraction of sp³-hybridized carbons (Fsp3) is 0.500. The average Bonchev–Trinajstić information content (AvgIpc) is 2.62. The average molecular weight is 261 g/mol. The van der Waals surface area contributed by atoms with Gasteiger partial charge in [0.25, 0.3) is 5.91 Å². The number of aromatic nitrogens is 1. The molecule has 1 heterocycles. The number of halogens is 1. The molecule has 2 atom stereocenters. The van der Waals surface area contributed by atoms with E-state index in [1.54, 1.807) is 6.20 Å². The Kier molecular flexibility index (Phi) is 2.38. The lowest BCUT2D eigenvalue weighted by Gasteiger charge is -1.98. The van der Waals surface area contributed by atoms with Crippen molar-refractivity contribution in [1.29, 1.82) is 0 Å². The first-order chi connectivity index (χ1) is 6.16. The van der Waals surface area contributed by atoms with Crippen LogP contribution in [0.2, 0.25) is 0 Å². The van der Waals surface area contributed by atoms with Gasteiger partial charge in [-0.25, -0.2) is 4.98 Å². The molecule has 2 rings (SSSR count). The summed E-state index contributed by atoms with van der Waals surface area (Å²) in [4.78, 5) is 15.5. The second-order valence-corrected chi connectivity index (χ2v) is 5.67. The summed E-state index contributed by atoms with van der Waals surface area (Å²) >= 11 is 4.63. The highest BCUT2D eigenvalue weighted by atomic mass is 79.9. The summed E-state index contributed by atoms with van der Waals surface area (Å²) in [5, 5.41) is 3.45. The van der Waals surface area contributed by atoms with Crippen LogP contribution in [0.25, 0.3) is 0 Å². The van der Waals surface area contributed by atoms with Gasteiger partial charge in [-0.05, 0) is 28.3 Å². The van der Waals surface area contributed by atoms with Crippen molar-refractivity contribution >= 4 is 33.2 Å². The zero-order valence-electron chi connectivity index (χ0n) is 7.08. The van der Waals surface area contributed by atoms with Crippen LogP contribution in [0.3, 0.4) is 0 Å². The molecule has 5 heteroatoms. The van der Waals surface area contributed by atoms with Crippen molar-refractivity contribution in [3.63, 3.8) is 0 Å². The third kappa shape index (κ3) is 2.08. The number of thiazole rings is 1. The van der Waals surface area contributed by atoms with Crippen molar-refractivity contribution < 1.29 is 4.79 Å². The maximum Gasteiger partial charge on any atom is 0.280 e. The molecule has 0 aromatic carbocycles. The first kappa shape index (κ1) is 9.15. The number of amides is 1. The quantitative estimate of drug-likeness (QED) is 0.885. The second-order valence-electron chi connectivity index (χ2n) is 3.26. The lowest BCUT2D eigenvalue weighted by molar-refractivity contribution is 0.0949. The van der Waals surface area contributed by atoms with Gasteiger partial charge < -0.3 is 5.32 Å². The molecule has 1 amide bonds. The van der Waals surface area contributed by atoms with Gasteiger partial charge in [0, 0.05) is 6.04 Å². The number of nitrogens with zero attached hydrogens (tertiary/aromatic N) is 1. The fourth-order valence-electron chi connectivity index (χ4n) is 1.11. The smallest absolute Gasteiger partial charge is 0.280 e. The Morgan fingerprint density at radius 1 is 1.85 bits per heavy atom. The summed E-state index contributed by atoms with van der Waals surface area (Å²) in [5.41, 5.74) is 0. The number of hydrogen-bond donors (Lipinski definition) is 1. The van der Waals surface area contributed by atoms with Crippen molar-refractivity contribution in [2.75, 3.05) is 0 Å². The Labute approximate surface area is 88.7 Å². The Balaban J connectivity index is 1.97. The normalized spacial score (nSPS) is 25.7. The van der Waals surface area contributed by atoms with Crippen LogP contribution in [0.5, 0.6) is 0 Å². The largest absolute Gasteiger partial charge is 0.347 e. The topological polar surface area (TPSA) is 42.0 Å². The van der Waals surface area contributed by atoms with Crippen LogP contribution < -0.4 is 5.32 Å². The van der Waals surface area contributed by atoms with Crippen molar-refractivity contribution in [3.05, 3.63) is 15.0 Å². The fourth-order valence-corrected chi connectivity index (χ4v) is 2.22. The number of nitrogens with one attached hydrogen (secondary N) is 1. The molecule has 1 fully saturated rings. The molecule has 1 aromatic rings. The van der Waals surface area contributed by atoms with E-state index in [-0.39, 0.29) is 5.91 Å². The van der Waals surface area contributed by atoms with E-state index in [0.717, 1.165) is 10.2 Å². The van der Waals surface area contributed by atoms with Gasteiger partial charge in [-0.15, -0.1) is 11.3 Å². The molecule has 0 unspecified atom stereocenters. The molecular weight excluding hydrogens is 252 g/mol. The maximum absolute atomic E-state index is 11.5. The van der Waals surface area contributed by atoms with Crippen molar-refractivity contribution in [1.82, 2.24) is 10.3 Å². The van der Waals surface area contributed by atoms with Gasteiger partial charge >= 0.3 is 0 Å². The molecule has 0 aliphatic heterocycles. The molecule has 0 radical (unpaired) electrons. The second kappa shape index (κ2) is 3.38. The molecule has 3 nitrogen and oxygen atoms in total. The summed E-state index contributed by atoms with van der Waals surface area (Å²) in [5.74, 6) is 0.581. The lowest BCUT2D eigenvalue weighted by atomic mass is 10.4. The predicted octanol–water partition coefficient (Wildman–Crippen LogP) is 2.04. The summed E-state index contributed by atoms with van der Waals surface area (Å²) in [6, 6.07) is 0.371. The van der Waals surface area contributed by atoms with E-state index >= 15 is 0 Å². The van der Waals surface area contributed by atoms with Crippen molar-refractivity contribution in [3.8, 4) is 0 Å². The Hall–Kier alpha value is -0.420. The van der Waals surface area contributed by atoms with Gasteiger partial charge in [-0.3, -0.25) is 4.79 Å². The first-order valence-electron chi connectivity index (χ1n) is 4.09. The third-order valence-corrected chi connectivity index (χ3v) is 3.57. The lowest BCUT2D eigenvalue weighted by Crippen LogP contribution is -2.26. The summed E-state index contributed by atoms with van der Waals surface area (Å²) < 4.78 is 0.890. The minimum Gasteiger partial charge on any atom is -0.347 e. The van der Waals surface area contributed by atoms with E-state index in [2.05, 4.69) is 33.2 Å². The molecule has 1 saturated carbocycles. The monoisotopic (exact) mass is 260 g/mol. The van der Waals surface area contributed by atoms with Gasteiger partial charge in [0.2, 0.25) is 0 Å². The van der Waals surface area contributed by atoms with E-state index in [1.165, 1.54) is 11.3 Å². The van der Waals surface area contributed by atoms with Crippen LogP contribution in [0.4, 0.5) is 0 Å². The van der Waals surface area contributed by atoms with Gasteiger partial charge in [-0.2, -0.15) is 0 Å². The molecule has 0 bridgehead atoms. The molecule has 1 N–H and O–H groups in total. The summed E-state index contributed by atoms with van der Waals surface area (Å²) in [6.45, 7) is 2.13. The van der Waals surface area contributed by atoms with Crippen LogP contribution in [0.1, 0.15) is 23.1 Å². The van der Waals surface area contributed by atoms with E-state index in [9.17, 15) is 4.79 Å². The third-order valence-electron chi connectivity index (χ3n) is 2.10. The molecule has 0 spiro atoms. The number of rotatable bonds is 2. The van der Waals surface area contributed by atoms with Gasteiger partial charge in [0.15, 0.2) is 5.01 Å². The van der Waals surface area contributed by atoms with E-state index < -0.39 is 0 Å². The minimum absolute atomic E-state index is 0.0509. The van der Waals surface area contributed by atoms with Crippen LogP contribution >= 0.6 is 27.3 Å². The number of carbonyl (C=O) groups excluding carboxylic acids is 1. The maximum atomic E-state index is 11.5. The van der Waals surface area contributed by atoms with Crippen molar-refractivity contribution in [2.24, 2.45) is 5.92 Å². The predicted molar refractivity (Wildman–Crippen MR) is 54.8 cm³/mol. The molecule has 70 valence electrons. The summed E-state index contributed by atoms with van der Waals surface area (Å²) in [7, 11) is 0. The number of hydrogen-bond acceptors (Lipinski definition) is 3. The van der Waals surface area contributed by atoms with E-state index in [4.69, 9.17) is 0 Å². The van der Waals surface area contributed by atoms with Crippen LogP contribution in [0.15, 0.2) is 9.98 Å². The van der Waals surface area contributed by atoms with Crippen molar-refractivity contribution in [2.45, 2.75) is 19.4 Å². The minimum atomic E-state index is -0.0509. The Morgan fingerprint density at radius 2 is 2.54 bits per heavy atom. The molecule has 0 saturated heterocycles. The van der Waals surface area contributed by atoms with Gasteiger partial charge in [-0.1, -0.05) is 6.92 Å². The standard InChI is InChI=1S/C8H9BrN2OS/c1-4-2-5(4)11-7(12)8-10-3-6(9)13-8/h3-5H,2H2,1H3,(H,11,12)/t4-,5-/m1/s1. The van der Waals surface area contributed by atoms with Crippen LogP contribution in [0, 0.1) is 5.92 Å². The van der Waals surface area contributed by atoms with Crippen LogP contribution in [-0.2, 0) is 0 Å². The van der Waals surface area contributed by atoms with Gasteiger partial charge in [0.1, 0.15) is 0 Å². The highest BCUT2D eigenvalue weighted by Gasteiger charge is 2.34. The van der Waals surface area contributed by atoms with E-state index in [1.807, 2.05) is 0 Å². The highest BCUT2D eigenvalue weighted by Crippen LogP contribution is 2.29. The zero-order chi connectivity index (χ0) is 9.42. The molecule has 1 aromatic heterocycles. The molecule has 1 aliphatic carbocycles. The van der Waals surface area contributed by atoms with Crippen LogP contribution in [-0.4, -0.2) is 16.9 Å². The molecule has 1 aliphatic rings. The highest BCUT2D eigenvalue weighted by molar-refractivity contribution is 9.11. The van der Waals surface area contributed by atoms with E-state index in [0.29, 0.717) is 17.0 Å². The SMILES string of the molecule is C[C@@H]1C[C@H]1NC(=O)c1ncc(Br)s1. The molecule has 13 heavy (non-hydrogen) atoms. The first-order valence-corrected chi connectivity index (χ1v) is 5.70.